The third kappa shape index (κ3) is 2.18. The molecule has 1 unspecified atom stereocenters. The van der Waals surface area contributed by atoms with Gasteiger partial charge in [-0.1, -0.05) is 17.7 Å². The summed E-state index contributed by atoms with van der Waals surface area (Å²) in [6.45, 7) is 1.39. The molecule has 2 atom stereocenters. The van der Waals surface area contributed by atoms with Crippen molar-refractivity contribution in [3.63, 3.8) is 0 Å². The lowest BCUT2D eigenvalue weighted by atomic mass is 9.81. The van der Waals surface area contributed by atoms with Crippen LogP contribution in [0.15, 0.2) is 18.2 Å². The van der Waals surface area contributed by atoms with Gasteiger partial charge in [0.2, 0.25) is 0 Å². The zero-order valence-corrected chi connectivity index (χ0v) is 12.8. The molecule has 7 heteroatoms. The molecule has 1 aromatic carbocycles. The van der Waals surface area contributed by atoms with Gasteiger partial charge < -0.3 is 14.9 Å². The quantitative estimate of drug-likeness (QED) is 0.896. The van der Waals surface area contributed by atoms with Crippen LogP contribution in [0.5, 0.6) is 0 Å². The summed E-state index contributed by atoms with van der Waals surface area (Å²) in [6, 6.07) is 4.06. The highest BCUT2D eigenvalue weighted by Crippen LogP contribution is 2.43. The third-order valence-corrected chi connectivity index (χ3v) is 4.98. The van der Waals surface area contributed by atoms with E-state index in [2.05, 4.69) is 0 Å². The van der Waals surface area contributed by atoms with Crippen LogP contribution in [-0.2, 0) is 4.79 Å². The Hall–Kier alpha value is -1.66. The van der Waals surface area contributed by atoms with Crippen molar-refractivity contribution < 1.29 is 19.1 Å². The Morgan fingerprint density at radius 1 is 1.36 bits per heavy atom. The maximum atomic E-state index is 13.9. The number of carbonyl (C=O) groups excluding carboxylic acids is 1. The molecule has 1 aromatic rings. The highest BCUT2D eigenvalue weighted by molar-refractivity contribution is 6.33. The van der Waals surface area contributed by atoms with E-state index in [-0.39, 0.29) is 23.0 Å². The fourth-order valence-electron chi connectivity index (χ4n) is 3.63. The van der Waals surface area contributed by atoms with E-state index in [4.69, 9.17) is 11.6 Å². The van der Waals surface area contributed by atoms with E-state index in [1.165, 1.54) is 23.1 Å². The first-order valence-corrected chi connectivity index (χ1v) is 7.38. The van der Waals surface area contributed by atoms with Gasteiger partial charge in [0.15, 0.2) is 0 Å². The maximum Gasteiger partial charge on any atom is 0.313 e. The average molecular weight is 327 g/mol. The number of aliphatic carboxylic acids is 1. The third-order valence-electron chi connectivity index (χ3n) is 4.67. The first-order valence-electron chi connectivity index (χ1n) is 7.00. The van der Waals surface area contributed by atoms with Crippen LogP contribution in [-0.4, -0.2) is 60.0 Å². The Balaban J connectivity index is 1.90. The molecule has 0 spiro atoms. The Morgan fingerprint density at radius 2 is 2.09 bits per heavy atom. The smallest absolute Gasteiger partial charge is 0.313 e. The minimum atomic E-state index is -0.970. The number of fused-ring (bicyclic) bond motifs is 1. The SMILES string of the molecule is CN1CC2CN(C(=O)c3c(F)cccc3Cl)C[C@@]2(C(=O)O)C1. The molecule has 118 valence electrons. The lowest BCUT2D eigenvalue weighted by Gasteiger charge is -2.24. The second kappa shape index (κ2) is 5.21. The minimum Gasteiger partial charge on any atom is -0.481 e. The van der Waals surface area contributed by atoms with Gasteiger partial charge >= 0.3 is 5.97 Å². The Morgan fingerprint density at radius 3 is 2.68 bits per heavy atom. The van der Waals surface area contributed by atoms with Gasteiger partial charge in [0.1, 0.15) is 11.2 Å². The molecule has 0 bridgehead atoms. The Bertz CT molecular complexity index is 633. The molecule has 2 aliphatic heterocycles. The van der Waals surface area contributed by atoms with Crippen molar-refractivity contribution in [3.8, 4) is 0 Å². The van der Waals surface area contributed by atoms with Gasteiger partial charge in [-0.2, -0.15) is 0 Å². The molecular formula is C15H16ClFN2O3. The van der Waals surface area contributed by atoms with Crippen LogP contribution in [0.25, 0.3) is 0 Å². The minimum absolute atomic E-state index is 0.0450. The van der Waals surface area contributed by atoms with E-state index < -0.39 is 23.1 Å². The predicted octanol–water partition coefficient (Wildman–Crippen LogP) is 1.57. The molecule has 2 aliphatic rings. The fraction of sp³-hybridized carbons (Fsp3) is 0.467. The van der Waals surface area contributed by atoms with Crippen molar-refractivity contribution >= 4 is 23.5 Å². The second-order valence-electron chi connectivity index (χ2n) is 6.14. The van der Waals surface area contributed by atoms with E-state index >= 15 is 0 Å². The standard InChI is InChI=1S/C15H16ClFN2O3/c1-18-5-9-6-19(8-15(9,7-18)14(21)22)13(20)12-10(16)3-2-4-11(12)17/h2-4,9H,5-8H2,1H3,(H,21,22)/t9?,15-/m0/s1. The van der Waals surface area contributed by atoms with Crippen molar-refractivity contribution in [2.75, 3.05) is 33.2 Å². The molecule has 2 fully saturated rings. The normalized spacial score (nSPS) is 28.0. The van der Waals surface area contributed by atoms with E-state index in [0.29, 0.717) is 19.6 Å². The molecule has 0 saturated carbocycles. The second-order valence-corrected chi connectivity index (χ2v) is 6.54. The van der Waals surface area contributed by atoms with Gasteiger partial charge in [0.05, 0.1) is 10.6 Å². The van der Waals surface area contributed by atoms with Crippen LogP contribution in [0.1, 0.15) is 10.4 Å². The largest absolute Gasteiger partial charge is 0.481 e. The fourth-order valence-corrected chi connectivity index (χ4v) is 3.88. The van der Waals surface area contributed by atoms with Crippen LogP contribution in [0, 0.1) is 17.2 Å². The highest BCUT2D eigenvalue weighted by atomic mass is 35.5. The lowest BCUT2D eigenvalue weighted by Crippen LogP contribution is -2.41. The molecule has 1 N–H and O–H groups in total. The Labute approximate surface area is 132 Å². The number of carboxylic acid groups (broad SMARTS) is 1. The van der Waals surface area contributed by atoms with E-state index in [1.54, 1.807) is 0 Å². The lowest BCUT2D eigenvalue weighted by molar-refractivity contribution is -0.148. The number of halogens is 2. The number of benzene rings is 1. The molecule has 1 amide bonds. The number of likely N-dealkylation sites (tertiary alicyclic amines) is 2. The number of hydrogen-bond donors (Lipinski definition) is 1. The predicted molar refractivity (Wildman–Crippen MR) is 78.4 cm³/mol. The number of nitrogens with zero attached hydrogens (tertiary/aromatic N) is 2. The molecule has 22 heavy (non-hydrogen) atoms. The number of rotatable bonds is 2. The molecular weight excluding hydrogens is 311 g/mol. The van der Waals surface area contributed by atoms with E-state index in [9.17, 15) is 19.1 Å². The summed E-state index contributed by atoms with van der Waals surface area (Å²) in [5.41, 5.74) is -1.15. The van der Waals surface area contributed by atoms with E-state index in [1.807, 2.05) is 11.9 Å². The molecule has 0 aliphatic carbocycles. The van der Waals surface area contributed by atoms with Crippen LogP contribution in [0.4, 0.5) is 4.39 Å². The van der Waals surface area contributed by atoms with Gasteiger partial charge in [-0.15, -0.1) is 0 Å². The monoisotopic (exact) mass is 326 g/mol. The molecule has 2 saturated heterocycles. The maximum absolute atomic E-state index is 13.9. The van der Waals surface area contributed by atoms with Crippen LogP contribution in [0.2, 0.25) is 5.02 Å². The van der Waals surface area contributed by atoms with Crippen molar-refractivity contribution in [2.45, 2.75) is 0 Å². The molecule has 0 radical (unpaired) electrons. The Kier molecular flexibility index (Phi) is 3.61. The van der Waals surface area contributed by atoms with Crippen molar-refractivity contribution in [3.05, 3.63) is 34.6 Å². The van der Waals surface area contributed by atoms with Gasteiger partial charge in [-0.3, -0.25) is 9.59 Å². The number of carbonyl (C=O) groups is 2. The van der Waals surface area contributed by atoms with Crippen molar-refractivity contribution in [1.29, 1.82) is 0 Å². The van der Waals surface area contributed by atoms with Gasteiger partial charge in [0, 0.05) is 32.1 Å². The average Bonchev–Trinajstić information content (AvgIpc) is 2.92. The topological polar surface area (TPSA) is 60.9 Å². The molecule has 5 nitrogen and oxygen atoms in total. The van der Waals surface area contributed by atoms with Gasteiger partial charge in [0.25, 0.3) is 5.91 Å². The summed E-state index contributed by atoms with van der Waals surface area (Å²) in [5.74, 6) is -2.28. The van der Waals surface area contributed by atoms with Gasteiger partial charge in [-0.05, 0) is 19.2 Å². The van der Waals surface area contributed by atoms with E-state index in [0.717, 1.165) is 0 Å². The summed E-state index contributed by atoms with van der Waals surface area (Å²) in [7, 11) is 1.86. The van der Waals surface area contributed by atoms with Crippen molar-refractivity contribution in [2.24, 2.45) is 11.3 Å². The summed E-state index contributed by atoms with van der Waals surface area (Å²) in [4.78, 5) is 27.7. The summed E-state index contributed by atoms with van der Waals surface area (Å²) >= 11 is 5.93. The van der Waals surface area contributed by atoms with Crippen LogP contribution >= 0.6 is 11.6 Å². The summed E-state index contributed by atoms with van der Waals surface area (Å²) < 4.78 is 13.9. The molecule has 3 rings (SSSR count). The number of carboxylic acids is 1. The first-order chi connectivity index (χ1) is 10.3. The molecule has 0 aromatic heterocycles. The van der Waals surface area contributed by atoms with Crippen LogP contribution in [0.3, 0.4) is 0 Å². The number of amides is 1. The summed E-state index contributed by atoms with van der Waals surface area (Å²) in [5, 5.41) is 9.65. The van der Waals surface area contributed by atoms with Crippen LogP contribution < -0.4 is 0 Å². The van der Waals surface area contributed by atoms with Crippen molar-refractivity contribution in [1.82, 2.24) is 9.80 Å². The molecule has 2 heterocycles. The number of hydrogen-bond acceptors (Lipinski definition) is 3. The zero-order chi connectivity index (χ0) is 16.1. The first kappa shape index (κ1) is 15.2. The van der Waals surface area contributed by atoms with Gasteiger partial charge in [-0.25, -0.2) is 4.39 Å². The highest BCUT2D eigenvalue weighted by Gasteiger charge is 2.58. The summed E-state index contributed by atoms with van der Waals surface area (Å²) in [6.07, 6.45) is 0. The zero-order valence-electron chi connectivity index (χ0n) is 12.1.